The standard InChI is InChI=1S/C22H25N3/c1-2-6-18-16-25(15-17(18)5-1)20-9-11-24(12-10-20)14-19-13-23-22-8-4-3-7-21(19)22/h1-8,13,20,23H,9-12,14-16H2. The number of para-hydroxylation sites is 1. The summed E-state index contributed by atoms with van der Waals surface area (Å²) >= 11 is 0. The highest BCUT2D eigenvalue weighted by Crippen LogP contribution is 2.29. The van der Waals surface area contributed by atoms with E-state index >= 15 is 0 Å². The number of nitrogens with one attached hydrogen (secondary N) is 1. The van der Waals surface area contributed by atoms with Crippen molar-refractivity contribution in [2.24, 2.45) is 0 Å². The van der Waals surface area contributed by atoms with Crippen LogP contribution in [0.15, 0.2) is 54.7 Å². The Morgan fingerprint density at radius 1 is 0.880 bits per heavy atom. The van der Waals surface area contributed by atoms with E-state index in [4.69, 9.17) is 0 Å². The first-order valence-corrected chi connectivity index (χ1v) is 9.45. The van der Waals surface area contributed by atoms with E-state index in [1.165, 1.54) is 53.5 Å². The van der Waals surface area contributed by atoms with Crippen molar-refractivity contribution in [3.8, 4) is 0 Å². The molecule has 2 aromatic carbocycles. The van der Waals surface area contributed by atoms with E-state index < -0.39 is 0 Å². The van der Waals surface area contributed by atoms with Gasteiger partial charge in [0, 0.05) is 42.8 Å². The van der Waals surface area contributed by atoms with Crippen LogP contribution >= 0.6 is 0 Å². The highest BCUT2D eigenvalue weighted by molar-refractivity contribution is 5.82. The average molecular weight is 331 g/mol. The zero-order chi connectivity index (χ0) is 16.6. The maximum atomic E-state index is 3.41. The Bertz CT molecular complexity index is 849. The molecule has 0 atom stereocenters. The molecule has 0 saturated carbocycles. The molecular formula is C22H25N3. The van der Waals surface area contributed by atoms with Crippen LogP contribution in [-0.2, 0) is 19.6 Å². The summed E-state index contributed by atoms with van der Waals surface area (Å²) in [6.07, 6.45) is 4.76. The van der Waals surface area contributed by atoms with Gasteiger partial charge in [0.05, 0.1) is 0 Å². The molecule has 0 amide bonds. The topological polar surface area (TPSA) is 22.3 Å². The minimum atomic E-state index is 0.742. The number of aromatic amines is 1. The molecule has 1 N–H and O–H groups in total. The molecule has 0 aliphatic carbocycles. The van der Waals surface area contributed by atoms with Gasteiger partial charge in [-0.05, 0) is 48.7 Å². The molecule has 3 heterocycles. The molecule has 3 heteroatoms. The molecule has 5 rings (SSSR count). The van der Waals surface area contributed by atoms with Gasteiger partial charge in [-0.2, -0.15) is 0 Å². The van der Waals surface area contributed by atoms with Crippen molar-refractivity contribution in [1.29, 1.82) is 0 Å². The number of aromatic nitrogens is 1. The predicted octanol–water partition coefficient (Wildman–Crippen LogP) is 4.15. The van der Waals surface area contributed by atoms with Crippen molar-refractivity contribution in [1.82, 2.24) is 14.8 Å². The van der Waals surface area contributed by atoms with Gasteiger partial charge in [-0.1, -0.05) is 42.5 Å². The Balaban J connectivity index is 1.21. The number of nitrogens with zero attached hydrogens (tertiary/aromatic N) is 2. The van der Waals surface area contributed by atoms with Gasteiger partial charge < -0.3 is 4.98 Å². The van der Waals surface area contributed by atoms with Crippen LogP contribution in [0.3, 0.4) is 0 Å². The lowest BCUT2D eigenvalue weighted by atomic mass is 10.0. The van der Waals surface area contributed by atoms with Crippen molar-refractivity contribution in [2.45, 2.75) is 38.5 Å². The van der Waals surface area contributed by atoms with E-state index in [9.17, 15) is 0 Å². The van der Waals surface area contributed by atoms with Crippen LogP contribution in [0.1, 0.15) is 29.5 Å². The highest BCUT2D eigenvalue weighted by atomic mass is 15.2. The third kappa shape index (κ3) is 2.88. The maximum Gasteiger partial charge on any atom is 0.0457 e. The summed E-state index contributed by atoms with van der Waals surface area (Å²) in [5, 5.41) is 1.37. The molecule has 0 spiro atoms. The number of likely N-dealkylation sites (tertiary alicyclic amines) is 1. The van der Waals surface area contributed by atoms with Crippen molar-refractivity contribution in [3.63, 3.8) is 0 Å². The van der Waals surface area contributed by atoms with Crippen LogP contribution in [0, 0.1) is 0 Å². The van der Waals surface area contributed by atoms with Crippen LogP contribution in [0.5, 0.6) is 0 Å². The molecule has 0 unspecified atom stereocenters. The number of hydrogen-bond acceptors (Lipinski definition) is 2. The molecule has 0 radical (unpaired) electrons. The largest absolute Gasteiger partial charge is 0.361 e. The molecule has 128 valence electrons. The van der Waals surface area contributed by atoms with Gasteiger partial charge in [0.25, 0.3) is 0 Å². The number of piperidine rings is 1. The van der Waals surface area contributed by atoms with Crippen molar-refractivity contribution in [3.05, 3.63) is 71.4 Å². The zero-order valence-electron chi connectivity index (χ0n) is 14.6. The molecule has 2 aliphatic heterocycles. The van der Waals surface area contributed by atoms with Crippen LogP contribution in [0.2, 0.25) is 0 Å². The second kappa shape index (κ2) is 6.32. The van der Waals surface area contributed by atoms with Gasteiger partial charge >= 0.3 is 0 Å². The lowest BCUT2D eigenvalue weighted by Crippen LogP contribution is -2.42. The second-order valence-electron chi connectivity index (χ2n) is 7.54. The normalized spacial score (nSPS) is 19.5. The van der Waals surface area contributed by atoms with Gasteiger partial charge in [-0.15, -0.1) is 0 Å². The smallest absolute Gasteiger partial charge is 0.0457 e. The quantitative estimate of drug-likeness (QED) is 0.779. The van der Waals surface area contributed by atoms with Crippen molar-refractivity contribution in [2.75, 3.05) is 13.1 Å². The zero-order valence-corrected chi connectivity index (χ0v) is 14.6. The third-order valence-electron chi connectivity index (χ3n) is 6.01. The Labute approximate surface area is 149 Å². The van der Waals surface area contributed by atoms with E-state index in [-0.39, 0.29) is 0 Å². The van der Waals surface area contributed by atoms with Crippen molar-refractivity contribution < 1.29 is 0 Å². The molecule has 3 nitrogen and oxygen atoms in total. The molecular weight excluding hydrogens is 306 g/mol. The summed E-state index contributed by atoms with van der Waals surface area (Å²) in [6.45, 7) is 5.76. The fourth-order valence-electron chi connectivity index (χ4n) is 4.56. The molecule has 3 aromatic rings. The molecule has 1 fully saturated rings. The number of rotatable bonds is 3. The summed E-state index contributed by atoms with van der Waals surface area (Å²) in [5.41, 5.74) is 5.75. The predicted molar refractivity (Wildman–Crippen MR) is 102 cm³/mol. The average Bonchev–Trinajstić information content (AvgIpc) is 3.27. The van der Waals surface area contributed by atoms with E-state index in [0.29, 0.717) is 0 Å². The molecule has 1 aromatic heterocycles. The van der Waals surface area contributed by atoms with Gasteiger partial charge in [0.2, 0.25) is 0 Å². The van der Waals surface area contributed by atoms with Crippen molar-refractivity contribution >= 4 is 10.9 Å². The lowest BCUT2D eigenvalue weighted by molar-refractivity contribution is 0.103. The fraction of sp³-hybridized carbons (Fsp3) is 0.364. The minimum Gasteiger partial charge on any atom is -0.361 e. The SMILES string of the molecule is c1ccc2c(c1)CN(C1CCN(Cc3c[nH]c4ccccc34)CC1)C2. The van der Waals surface area contributed by atoms with Gasteiger partial charge in [-0.25, -0.2) is 0 Å². The number of fused-ring (bicyclic) bond motifs is 2. The van der Waals surface area contributed by atoms with Crippen LogP contribution in [-0.4, -0.2) is 33.9 Å². The Kier molecular flexibility index (Phi) is 3.84. The fourth-order valence-corrected chi connectivity index (χ4v) is 4.56. The Hall–Kier alpha value is -2.10. The summed E-state index contributed by atoms with van der Waals surface area (Å²) in [4.78, 5) is 8.72. The summed E-state index contributed by atoms with van der Waals surface area (Å²) < 4.78 is 0. The lowest BCUT2D eigenvalue weighted by Gasteiger charge is -2.36. The number of H-pyrrole nitrogens is 1. The van der Waals surface area contributed by atoms with Crippen LogP contribution < -0.4 is 0 Å². The Morgan fingerprint density at radius 3 is 2.32 bits per heavy atom. The van der Waals surface area contributed by atoms with Crippen LogP contribution in [0.4, 0.5) is 0 Å². The summed E-state index contributed by atoms with van der Waals surface area (Å²) in [6, 6.07) is 18.3. The maximum absolute atomic E-state index is 3.41. The van der Waals surface area contributed by atoms with E-state index in [0.717, 1.165) is 25.7 Å². The van der Waals surface area contributed by atoms with Gasteiger partial charge in [-0.3, -0.25) is 9.80 Å². The molecule has 25 heavy (non-hydrogen) atoms. The van der Waals surface area contributed by atoms with E-state index in [1.807, 2.05) is 0 Å². The third-order valence-corrected chi connectivity index (χ3v) is 6.01. The number of benzene rings is 2. The summed E-state index contributed by atoms with van der Waals surface area (Å²) in [7, 11) is 0. The van der Waals surface area contributed by atoms with Crippen LogP contribution in [0.25, 0.3) is 10.9 Å². The molecule has 0 bridgehead atoms. The second-order valence-corrected chi connectivity index (χ2v) is 7.54. The molecule has 1 saturated heterocycles. The monoisotopic (exact) mass is 331 g/mol. The highest BCUT2D eigenvalue weighted by Gasteiger charge is 2.28. The van der Waals surface area contributed by atoms with Gasteiger partial charge in [0.1, 0.15) is 0 Å². The Morgan fingerprint density at radius 2 is 1.56 bits per heavy atom. The minimum absolute atomic E-state index is 0.742. The van der Waals surface area contributed by atoms with Gasteiger partial charge in [0.15, 0.2) is 0 Å². The first-order chi connectivity index (χ1) is 12.4. The molecule has 2 aliphatic rings. The van der Waals surface area contributed by atoms with E-state index in [2.05, 4.69) is 69.5 Å². The first kappa shape index (κ1) is 15.2. The first-order valence-electron chi connectivity index (χ1n) is 9.45. The van der Waals surface area contributed by atoms with E-state index in [1.54, 1.807) is 0 Å². The number of hydrogen-bond donors (Lipinski definition) is 1. The summed E-state index contributed by atoms with van der Waals surface area (Å²) in [5.74, 6) is 0.